The lowest BCUT2D eigenvalue weighted by atomic mass is 10.2. The Labute approximate surface area is 88.7 Å². The zero-order valence-electron chi connectivity index (χ0n) is 10.0. The summed E-state index contributed by atoms with van der Waals surface area (Å²) in [4.78, 5) is 13.2. The average molecular weight is 199 g/mol. The lowest BCUT2D eigenvalue weighted by Gasteiger charge is -2.19. The largest absolute Gasteiger partial charge is 0.304 e. The lowest BCUT2D eigenvalue weighted by Crippen LogP contribution is -2.25. The van der Waals surface area contributed by atoms with Gasteiger partial charge in [0.1, 0.15) is 5.78 Å². The maximum Gasteiger partial charge on any atom is 0.129 e. The molecule has 2 nitrogen and oxygen atoms in total. The molecule has 0 aliphatic carbocycles. The van der Waals surface area contributed by atoms with E-state index in [4.69, 9.17) is 0 Å². The van der Waals surface area contributed by atoms with Crippen molar-refractivity contribution in [1.82, 2.24) is 4.90 Å². The predicted molar refractivity (Wildman–Crippen MR) is 61.6 cm³/mol. The first kappa shape index (κ1) is 13.6. The fraction of sp³-hybridized carbons (Fsp3) is 0.917. The van der Waals surface area contributed by atoms with Crippen molar-refractivity contribution < 1.29 is 4.79 Å². The van der Waals surface area contributed by atoms with Gasteiger partial charge in [-0.15, -0.1) is 0 Å². The summed E-state index contributed by atoms with van der Waals surface area (Å²) in [5.41, 5.74) is 0. The Morgan fingerprint density at radius 3 is 2.21 bits per heavy atom. The van der Waals surface area contributed by atoms with Gasteiger partial charge in [-0.2, -0.15) is 0 Å². The van der Waals surface area contributed by atoms with Crippen molar-refractivity contribution in [3.8, 4) is 0 Å². The zero-order valence-corrected chi connectivity index (χ0v) is 10.0. The first-order chi connectivity index (χ1) is 6.70. The molecule has 0 N–H and O–H groups in total. The third kappa shape index (κ3) is 8.24. The monoisotopic (exact) mass is 199 g/mol. The molecule has 0 aromatic carbocycles. The molecule has 0 fully saturated rings. The summed E-state index contributed by atoms with van der Waals surface area (Å²) in [5.74, 6) is 0.321. The Hall–Kier alpha value is -0.370. The van der Waals surface area contributed by atoms with Gasteiger partial charge < -0.3 is 9.69 Å². The van der Waals surface area contributed by atoms with E-state index in [-0.39, 0.29) is 0 Å². The first-order valence-corrected chi connectivity index (χ1v) is 5.92. The van der Waals surface area contributed by atoms with Crippen molar-refractivity contribution in [2.75, 3.05) is 19.6 Å². The van der Waals surface area contributed by atoms with E-state index in [0.29, 0.717) is 5.78 Å². The van der Waals surface area contributed by atoms with Crippen LogP contribution in [0.15, 0.2) is 0 Å². The molecule has 0 aromatic heterocycles. The van der Waals surface area contributed by atoms with Crippen molar-refractivity contribution in [2.45, 2.75) is 52.9 Å². The second-order valence-electron chi connectivity index (χ2n) is 3.95. The SMILES string of the molecule is CCCCN(CC)CCCCC(C)=O. The van der Waals surface area contributed by atoms with Crippen LogP contribution in [0, 0.1) is 0 Å². The third-order valence-corrected chi connectivity index (χ3v) is 2.53. The van der Waals surface area contributed by atoms with Crippen molar-refractivity contribution in [1.29, 1.82) is 0 Å². The summed E-state index contributed by atoms with van der Waals surface area (Å²) in [6, 6.07) is 0. The van der Waals surface area contributed by atoms with E-state index in [1.807, 2.05) is 0 Å². The van der Waals surface area contributed by atoms with Crippen LogP contribution in [0.5, 0.6) is 0 Å². The Morgan fingerprint density at radius 2 is 1.71 bits per heavy atom. The number of ketones is 1. The Morgan fingerprint density at radius 1 is 1.07 bits per heavy atom. The molecule has 0 bridgehead atoms. The summed E-state index contributed by atoms with van der Waals surface area (Å²) in [6.07, 6.45) is 5.53. The van der Waals surface area contributed by atoms with Crippen molar-refractivity contribution in [2.24, 2.45) is 0 Å². The highest BCUT2D eigenvalue weighted by Crippen LogP contribution is 2.01. The van der Waals surface area contributed by atoms with Gasteiger partial charge in [0.2, 0.25) is 0 Å². The van der Waals surface area contributed by atoms with Gasteiger partial charge in [-0.3, -0.25) is 0 Å². The molecule has 0 spiro atoms. The molecule has 0 saturated heterocycles. The Balaban J connectivity index is 3.37. The van der Waals surface area contributed by atoms with E-state index >= 15 is 0 Å². The van der Waals surface area contributed by atoms with Crippen LogP contribution in [0.3, 0.4) is 0 Å². The number of carbonyl (C=O) groups is 1. The number of hydrogen-bond acceptors (Lipinski definition) is 2. The molecule has 0 heterocycles. The molecule has 0 radical (unpaired) electrons. The van der Waals surface area contributed by atoms with Crippen molar-refractivity contribution in [3.05, 3.63) is 0 Å². The number of unbranched alkanes of at least 4 members (excludes halogenated alkanes) is 2. The molecular formula is C12H25NO. The smallest absolute Gasteiger partial charge is 0.129 e. The maximum atomic E-state index is 10.7. The maximum absolute atomic E-state index is 10.7. The minimum Gasteiger partial charge on any atom is -0.304 e. The average Bonchev–Trinajstić information content (AvgIpc) is 2.16. The first-order valence-electron chi connectivity index (χ1n) is 5.92. The summed E-state index contributed by atoms with van der Waals surface area (Å²) >= 11 is 0. The van der Waals surface area contributed by atoms with Crippen LogP contribution in [0.2, 0.25) is 0 Å². The van der Waals surface area contributed by atoms with Gasteiger partial charge in [-0.05, 0) is 45.8 Å². The minimum atomic E-state index is 0.321. The molecule has 2 heteroatoms. The van der Waals surface area contributed by atoms with Crippen molar-refractivity contribution in [3.63, 3.8) is 0 Å². The number of rotatable bonds is 9. The van der Waals surface area contributed by atoms with Crippen LogP contribution in [0.1, 0.15) is 52.9 Å². The van der Waals surface area contributed by atoms with Crippen molar-refractivity contribution >= 4 is 5.78 Å². The second kappa shape index (κ2) is 9.20. The third-order valence-electron chi connectivity index (χ3n) is 2.53. The van der Waals surface area contributed by atoms with Gasteiger partial charge in [-0.25, -0.2) is 0 Å². The quantitative estimate of drug-likeness (QED) is 0.532. The van der Waals surface area contributed by atoms with Crippen LogP contribution >= 0.6 is 0 Å². The minimum absolute atomic E-state index is 0.321. The standard InChI is InChI=1S/C12H25NO/c1-4-6-10-13(5-2)11-8-7-9-12(3)14/h4-11H2,1-3H3. The molecule has 0 atom stereocenters. The van der Waals surface area contributed by atoms with Gasteiger partial charge >= 0.3 is 0 Å². The zero-order chi connectivity index (χ0) is 10.8. The molecule has 0 saturated carbocycles. The Bertz CT molecular complexity index is 145. The summed E-state index contributed by atoms with van der Waals surface area (Å²) in [6.45, 7) is 9.62. The fourth-order valence-electron chi connectivity index (χ4n) is 1.52. The fourth-order valence-corrected chi connectivity index (χ4v) is 1.52. The van der Waals surface area contributed by atoms with Gasteiger partial charge in [0.05, 0.1) is 0 Å². The van der Waals surface area contributed by atoms with E-state index < -0.39 is 0 Å². The molecule has 0 rings (SSSR count). The normalized spacial score (nSPS) is 10.9. The summed E-state index contributed by atoms with van der Waals surface area (Å²) < 4.78 is 0. The van der Waals surface area contributed by atoms with E-state index in [1.54, 1.807) is 6.92 Å². The number of Topliss-reactive ketones (excluding diaryl/α,β-unsaturated/α-hetero) is 1. The lowest BCUT2D eigenvalue weighted by molar-refractivity contribution is -0.117. The topological polar surface area (TPSA) is 20.3 Å². The Kier molecular flexibility index (Phi) is 8.95. The highest BCUT2D eigenvalue weighted by Gasteiger charge is 2.01. The van der Waals surface area contributed by atoms with Crippen LogP contribution < -0.4 is 0 Å². The van der Waals surface area contributed by atoms with Gasteiger partial charge in [-0.1, -0.05) is 20.3 Å². The number of hydrogen-bond donors (Lipinski definition) is 0. The molecule has 0 amide bonds. The molecule has 0 aromatic rings. The van der Waals surface area contributed by atoms with E-state index in [9.17, 15) is 4.79 Å². The van der Waals surface area contributed by atoms with E-state index in [0.717, 1.165) is 32.4 Å². The number of carbonyl (C=O) groups excluding carboxylic acids is 1. The predicted octanol–water partition coefficient (Wildman–Crippen LogP) is 2.87. The van der Waals surface area contributed by atoms with Gasteiger partial charge in [0.25, 0.3) is 0 Å². The second-order valence-corrected chi connectivity index (χ2v) is 3.95. The molecule has 84 valence electrons. The highest BCUT2D eigenvalue weighted by atomic mass is 16.1. The van der Waals surface area contributed by atoms with Crippen LogP contribution in [-0.2, 0) is 4.79 Å². The number of nitrogens with zero attached hydrogens (tertiary/aromatic N) is 1. The summed E-state index contributed by atoms with van der Waals surface area (Å²) in [7, 11) is 0. The van der Waals surface area contributed by atoms with Gasteiger partial charge in [0.15, 0.2) is 0 Å². The molecule has 14 heavy (non-hydrogen) atoms. The van der Waals surface area contributed by atoms with E-state index in [1.165, 1.54) is 19.4 Å². The van der Waals surface area contributed by atoms with E-state index in [2.05, 4.69) is 18.7 Å². The molecular weight excluding hydrogens is 174 g/mol. The van der Waals surface area contributed by atoms with Gasteiger partial charge in [0, 0.05) is 6.42 Å². The van der Waals surface area contributed by atoms with Crippen LogP contribution in [0.4, 0.5) is 0 Å². The molecule has 0 aliphatic rings. The summed E-state index contributed by atoms with van der Waals surface area (Å²) in [5, 5.41) is 0. The van der Waals surface area contributed by atoms with Crippen LogP contribution in [-0.4, -0.2) is 30.3 Å². The highest BCUT2D eigenvalue weighted by molar-refractivity contribution is 5.75. The molecule has 0 unspecified atom stereocenters. The molecule has 0 aliphatic heterocycles. The van der Waals surface area contributed by atoms with Crippen LogP contribution in [0.25, 0.3) is 0 Å².